The molecule has 0 saturated heterocycles. The number of nitrogens with two attached hydrogens (primary N) is 3. The number of carboxylic acids is 1. The van der Waals surface area contributed by atoms with E-state index in [1.54, 1.807) is 6.92 Å². The molecular weight excluding hydrogens is 414 g/mol. The van der Waals surface area contributed by atoms with Gasteiger partial charge in [-0.3, -0.25) is 19.4 Å². The fourth-order valence-electron chi connectivity index (χ4n) is 2.32. The highest BCUT2D eigenvalue weighted by molar-refractivity contribution is 7.80. The van der Waals surface area contributed by atoms with Crippen LogP contribution in [0.2, 0.25) is 0 Å². The smallest absolute Gasteiger partial charge is 0.327 e. The minimum Gasteiger partial charge on any atom is -0.480 e. The van der Waals surface area contributed by atoms with Gasteiger partial charge in [0.15, 0.2) is 5.96 Å². The summed E-state index contributed by atoms with van der Waals surface area (Å²) < 4.78 is 0. The number of nitrogens with zero attached hydrogens (tertiary/aromatic N) is 1. The minimum atomic E-state index is -1.23. The average Bonchev–Trinajstić information content (AvgIpc) is 2.69. The molecule has 30 heavy (non-hydrogen) atoms. The van der Waals surface area contributed by atoms with E-state index in [9.17, 15) is 19.2 Å². The van der Waals surface area contributed by atoms with Gasteiger partial charge in [-0.25, -0.2) is 4.79 Å². The van der Waals surface area contributed by atoms with Crippen LogP contribution in [-0.2, 0) is 19.2 Å². The lowest BCUT2D eigenvalue weighted by Crippen LogP contribution is -2.56. The van der Waals surface area contributed by atoms with Crippen LogP contribution in [-0.4, -0.2) is 71.7 Å². The van der Waals surface area contributed by atoms with E-state index in [4.69, 9.17) is 22.3 Å². The second-order valence-corrected chi connectivity index (χ2v) is 7.15. The molecule has 4 unspecified atom stereocenters. The summed E-state index contributed by atoms with van der Waals surface area (Å²) in [6, 6.07) is -2.98. The molecule has 0 rings (SSSR count). The van der Waals surface area contributed by atoms with E-state index in [1.165, 1.54) is 0 Å². The van der Waals surface area contributed by atoms with Gasteiger partial charge in [0.2, 0.25) is 17.7 Å². The quantitative estimate of drug-likeness (QED) is 0.0615. The molecular formula is C17H33N7O5S. The molecule has 13 heteroatoms. The van der Waals surface area contributed by atoms with Gasteiger partial charge in [0.05, 0.1) is 12.6 Å². The van der Waals surface area contributed by atoms with Crippen molar-refractivity contribution >= 4 is 42.3 Å². The first-order valence-corrected chi connectivity index (χ1v) is 10.2. The molecule has 3 amide bonds. The molecule has 0 radical (unpaired) electrons. The number of rotatable bonds is 14. The van der Waals surface area contributed by atoms with Crippen LogP contribution in [0.4, 0.5) is 0 Å². The molecule has 0 aromatic rings. The second kappa shape index (κ2) is 14.4. The van der Waals surface area contributed by atoms with Crippen molar-refractivity contribution in [3.05, 3.63) is 0 Å². The van der Waals surface area contributed by atoms with Gasteiger partial charge in [0.1, 0.15) is 12.1 Å². The maximum atomic E-state index is 12.4. The first-order chi connectivity index (χ1) is 14.0. The Balaban J connectivity index is 4.68. The number of hydrogen-bond acceptors (Lipinski definition) is 7. The topological polar surface area (TPSA) is 215 Å². The number of aliphatic imine (C=N–C) groups is 1. The number of carbonyl (C=O) groups is 4. The summed E-state index contributed by atoms with van der Waals surface area (Å²) in [5.41, 5.74) is 16.2. The van der Waals surface area contributed by atoms with Crippen molar-refractivity contribution in [1.29, 1.82) is 0 Å². The lowest BCUT2D eigenvalue weighted by molar-refractivity contribution is -0.141. The molecule has 12 nitrogen and oxygen atoms in total. The lowest BCUT2D eigenvalue weighted by Gasteiger charge is -2.25. The third-order valence-electron chi connectivity index (χ3n) is 4.34. The summed E-state index contributed by atoms with van der Waals surface area (Å²) in [5, 5.41) is 16.3. The largest absolute Gasteiger partial charge is 0.480 e. The molecule has 0 fully saturated rings. The van der Waals surface area contributed by atoms with E-state index < -0.39 is 41.8 Å². The van der Waals surface area contributed by atoms with Crippen molar-refractivity contribution in [3.8, 4) is 0 Å². The normalized spacial score (nSPS) is 14.5. The summed E-state index contributed by atoms with van der Waals surface area (Å²) in [7, 11) is 0. The summed E-state index contributed by atoms with van der Waals surface area (Å²) in [6.07, 6.45) is 1.37. The number of nitrogens with one attached hydrogen (secondary N) is 3. The molecule has 0 spiro atoms. The number of carbonyl (C=O) groups excluding carboxylic acids is 3. The van der Waals surface area contributed by atoms with Gasteiger partial charge in [0.25, 0.3) is 0 Å². The van der Waals surface area contributed by atoms with Gasteiger partial charge in [0, 0.05) is 12.3 Å². The zero-order chi connectivity index (χ0) is 23.3. The first-order valence-electron chi connectivity index (χ1n) is 9.55. The summed E-state index contributed by atoms with van der Waals surface area (Å²) in [6.45, 7) is 3.52. The fourth-order valence-corrected chi connectivity index (χ4v) is 2.57. The zero-order valence-corrected chi connectivity index (χ0v) is 18.2. The SMILES string of the molecule is CCC(C)C(NC(=O)CNC(=O)C(N)CCCN=C(N)N)C(=O)NC(CS)C(=O)O. The van der Waals surface area contributed by atoms with Crippen molar-refractivity contribution in [2.24, 2.45) is 28.1 Å². The Kier molecular flexibility index (Phi) is 13.2. The molecule has 0 bridgehead atoms. The van der Waals surface area contributed by atoms with Crippen molar-refractivity contribution in [3.63, 3.8) is 0 Å². The summed E-state index contributed by atoms with van der Waals surface area (Å²) >= 11 is 3.90. The molecule has 0 aromatic carbocycles. The highest BCUT2D eigenvalue weighted by Crippen LogP contribution is 2.08. The van der Waals surface area contributed by atoms with Crippen LogP contribution in [0.3, 0.4) is 0 Å². The maximum Gasteiger partial charge on any atom is 0.327 e. The van der Waals surface area contributed by atoms with Gasteiger partial charge >= 0.3 is 5.97 Å². The second-order valence-electron chi connectivity index (χ2n) is 6.79. The van der Waals surface area contributed by atoms with Crippen LogP contribution in [0.25, 0.3) is 0 Å². The van der Waals surface area contributed by atoms with E-state index in [0.29, 0.717) is 25.8 Å². The number of hydrogen-bond donors (Lipinski definition) is 8. The summed E-state index contributed by atoms with van der Waals surface area (Å²) in [5.74, 6) is -3.41. The van der Waals surface area contributed by atoms with Crippen LogP contribution in [0.15, 0.2) is 4.99 Å². The van der Waals surface area contributed by atoms with E-state index >= 15 is 0 Å². The Morgan fingerprint density at radius 1 is 1.13 bits per heavy atom. The zero-order valence-electron chi connectivity index (χ0n) is 17.3. The van der Waals surface area contributed by atoms with Gasteiger partial charge in [-0.05, 0) is 18.8 Å². The molecule has 0 heterocycles. The standard InChI is InChI=1S/C17H33N7O5S/c1-3-9(2)13(15(27)23-11(8-30)16(28)29)24-12(25)7-22-14(26)10(18)5-4-6-21-17(19)20/h9-11,13,30H,3-8,18H2,1-2H3,(H,22,26)(H,23,27)(H,24,25)(H,28,29)(H4,19,20,21). The number of thiol groups is 1. The third kappa shape index (κ3) is 10.9. The number of guanidine groups is 1. The molecule has 0 saturated carbocycles. The molecule has 0 aliphatic heterocycles. The van der Waals surface area contributed by atoms with Crippen molar-refractivity contribution in [2.75, 3.05) is 18.8 Å². The number of carboxylic acid groups (broad SMARTS) is 1. The average molecular weight is 448 g/mol. The van der Waals surface area contributed by atoms with Crippen LogP contribution in [0.1, 0.15) is 33.1 Å². The highest BCUT2D eigenvalue weighted by atomic mass is 32.1. The van der Waals surface area contributed by atoms with E-state index in [1.807, 2.05) is 6.92 Å². The van der Waals surface area contributed by atoms with E-state index in [2.05, 4.69) is 33.6 Å². The first kappa shape index (κ1) is 27.5. The van der Waals surface area contributed by atoms with Gasteiger partial charge in [-0.1, -0.05) is 20.3 Å². The van der Waals surface area contributed by atoms with Gasteiger partial charge in [-0.2, -0.15) is 12.6 Å². The Labute approximate surface area is 181 Å². The van der Waals surface area contributed by atoms with Crippen LogP contribution in [0.5, 0.6) is 0 Å². The van der Waals surface area contributed by atoms with E-state index in [-0.39, 0.29) is 24.2 Å². The lowest BCUT2D eigenvalue weighted by atomic mass is 9.98. The fraction of sp³-hybridized carbons (Fsp3) is 0.706. The monoisotopic (exact) mass is 447 g/mol. The Bertz CT molecular complexity index is 628. The van der Waals surface area contributed by atoms with Crippen LogP contribution < -0.4 is 33.2 Å². The van der Waals surface area contributed by atoms with Crippen molar-refractivity contribution < 1.29 is 24.3 Å². The van der Waals surface area contributed by atoms with Crippen LogP contribution >= 0.6 is 12.6 Å². The summed E-state index contributed by atoms with van der Waals surface area (Å²) in [4.78, 5) is 51.5. The molecule has 172 valence electrons. The highest BCUT2D eigenvalue weighted by Gasteiger charge is 2.29. The van der Waals surface area contributed by atoms with Crippen molar-refractivity contribution in [1.82, 2.24) is 16.0 Å². The third-order valence-corrected chi connectivity index (χ3v) is 4.70. The maximum absolute atomic E-state index is 12.4. The molecule has 10 N–H and O–H groups in total. The van der Waals surface area contributed by atoms with Crippen LogP contribution in [0, 0.1) is 5.92 Å². The van der Waals surface area contributed by atoms with Gasteiger partial charge in [-0.15, -0.1) is 0 Å². The number of aliphatic carboxylic acids is 1. The van der Waals surface area contributed by atoms with Gasteiger partial charge < -0.3 is 38.3 Å². The Hall–Kier alpha value is -2.54. The molecule has 4 atom stereocenters. The molecule has 0 aliphatic rings. The Morgan fingerprint density at radius 2 is 1.77 bits per heavy atom. The minimum absolute atomic E-state index is 0.0476. The van der Waals surface area contributed by atoms with E-state index in [0.717, 1.165) is 0 Å². The predicted molar refractivity (Wildman–Crippen MR) is 116 cm³/mol. The number of amides is 3. The van der Waals surface area contributed by atoms with Crippen molar-refractivity contribution in [2.45, 2.75) is 51.2 Å². The molecule has 0 aromatic heterocycles. The Morgan fingerprint density at radius 3 is 2.27 bits per heavy atom. The predicted octanol–water partition coefficient (Wildman–Crippen LogP) is -2.49. The molecule has 0 aliphatic carbocycles.